The van der Waals surface area contributed by atoms with Gasteiger partial charge in [-0.3, -0.25) is 4.79 Å². The van der Waals surface area contributed by atoms with Crippen LogP contribution in [0.1, 0.15) is 5.56 Å². The first-order chi connectivity index (χ1) is 7.18. The molecule has 0 aromatic heterocycles. The summed E-state index contributed by atoms with van der Waals surface area (Å²) in [6.45, 7) is 0.392. The van der Waals surface area contributed by atoms with Gasteiger partial charge in [0, 0.05) is 48.3 Å². The Labute approximate surface area is 116 Å². The average Bonchev–Trinajstić information content (AvgIpc) is 2.25. The van der Waals surface area contributed by atoms with Crippen LogP contribution in [0.4, 0.5) is 0 Å². The van der Waals surface area contributed by atoms with E-state index in [4.69, 9.17) is 5.11 Å². The molecule has 0 atom stereocenters. The maximum atomic E-state index is 11.1. The van der Waals surface area contributed by atoms with Gasteiger partial charge in [0.15, 0.2) is 0 Å². The maximum Gasteiger partial charge on any atom is 0.328 e. The molecule has 0 heterocycles. The van der Waals surface area contributed by atoms with Crippen LogP contribution in [-0.4, -0.2) is 46.5 Å². The van der Waals surface area contributed by atoms with Gasteiger partial charge in [0.1, 0.15) is 0 Å². The third-order valence-electron chi connectivity index (χ3n) is 1.69. The number of benzene rings is 1. The number of carboxylic acid groups (broad SMARTS) is 1. The topological polar surface area (TPSA) is 66.4 Å². The van der Waals surface area contributed by atoms with E-state index in [9.17, 15) is 9.59 Å². The van der Waals surface area contributed by atoms with E-state index in [1.807, 2.05) is 30.3 Å². The van der Waals surface area contributed by atoms with E-state index < -0.39 is 11.9 Å². The van der Waals surface area contributed by atoms with Gasteiger partial charge in [-0.2, -0.15) is 0 Å². The largest absolute Gasteiger partial charge is 0.478 e. The van der Waals surface area contributed by atoms with Gasteiger partial charge in [-0.1, -0.05) is 30.3 Å². The van der Waals surface area contributed by atoms with Gasteiger partial charge < -0.3 is 10.4 Å². The van der Waals surface area contributed by atoms with Crippen molar-refractivity contribution in [2.45, 2.75) is 6.54 Å². The zero-order chi connectivity index (χ0) is 11.1. The Morgan fingerprint density at radius 3 is 2.38 bits per heavy atom. The molecule has 0 bridgehead atoms. The van der Waals surface area contributed by atoms with Crippen molar-refractivity contribution in [1.82, 2.24) is 5.32 Å². The number of hydrogen-bond donors (Lipinski definition) is 2. The van der Waals surface area contributed by atoms with Crippen molar-refractivity contribution in [3.63, 3.8) is 0 Å². The normalized spacial score (nSPS) is 9.50. The van der Waals surface area contributed by atoms with Gasteiger partial charge in [-0.15, -0.1) is 0 Å². The minimum atomic E-state index is -1.13. The van der Waals surface area contributed by atoms with Gasteiger partial charge in [-0.25, -0.2) is 4.79 Å². The molecule has 1 rings (SSSR count). The number of nitrogens with one attached hydrogen (secondary N) is 1. The minimum absolute atomic E-state index is 0. The first-order valence-corrected chi connectivity index (χ1v) is 4.41. The first-order valence-electron chi connectivity index (χ1n) is 4.41. The zero-order valence-electron chi connectivity index (χ0n) is 9.01. The molecule has 2 N–H and O–H groups in total. The van der Waals surface area contributed by atoms with Crippen LogP contribution >= 0.6 is 0 Å². The first kappa shape index (κ1) is 14.9. The van der Waals surface area contributed by atoms with Gasteiger partial charge in [0.05, 0.1) is 0 Å². The minimum Gasteiger partial charge on any atom is -0.478 e. The summed E-state index contributed by atoms with van der Waals surface area (Å²) in [4.78, 5) is 21.2. The zero-order valence-corrected chi connectivity index (χ0v) is 11.0. The Balaban J connectivity index is 0.00000225. The molecule has 0 aliphatic heterocycles. The quantitative estimate of drug-likeness (QED) is 0.584. The van der Waals surface area contributed by atoms with E-state index in [2.05, 4.69) is 5.32 Å². The molecule has 1 radical (unpaired) electrons. The predicted octanol–water partition coefficient (Wildman–Crippen LogP) is 0.563. The Bertz CT molecular complexity index is 376. The number of carbonyl (C=O) groups excluding carboxylic acids is 1. The number of carboxylic acids is 1. The molecule has 79 valence electrons. The van der Waals surface area contributed by atoms with Crippen LogP contribution in [-0.2, 0) is 16.1 Å². The van der Waals surface area contributed by atoms with E-state index in [1.54, 1.807) is 0 Å². The Morgan fingerprint density at radius 2 is 1.81 bits per heavy atom. The van der Waals surface area contributed by atoms with Gasteiger partial charge in [-0.05, 0) is 5.56 Å². The van der Waals surface area contributed by atoms with E-state index in [0.29, 0.717) is 6.54 Å². The molecule has 0 unspecified atom stereocenters. The van der Waals surface area contributed by atoms with E-state index in [1.165, 1.54) is 0 Å². The maximum absolute atomic E-state index is 11.1. The molecule has 5 heteroatoms. The summed E-state index contributed by atoms with van der Waals surface area (Å²) in [6.07, 6.45) is 1.80. The van der Waals surface area contributed by atoms with Crippen molar-refractivity contribution in [3.8, 4) is 0 Å². The molecule has 0 saturated heterocycles. The molecule has 16 heavy (non-hydrogen) atoms. The average molecular weight is 228 g/mol. The number of rotatable bonds is 4. The third kappa shape index (κ3) is 6.40. The number of aliphatic carboxylic acids is 1. The van der Waals surface area contributed by atoms with Crippen LogP contribution < -0.4 is 5.32 Å². The summed E-state index contributed by atoms with van der Waals surface area (Å²) in [5, 5.41) is 10.8. The Morgan fingerprint density at radius 1 is 1.19 bits per heavy atom. The molecule has 0 spiro atoms. The molecule has 0 saturated carbocycles. The molecule has 0 aliphatic rings. The van der Waals surface area contributed by atoms with Gasteiger partial charge >= 0.3 is 5.97 Å². The van der Waals surface area contributed by atoms with E-state index in [0.717, 1.165) is 17.7 Å². The van der Waals surface area contributed by atoms with Crippen LogP contribution in [0.15, 0.2) is 42.5 Å². The fraction of sp³-hybridized carbons (Fsp3) is 0.0909. The summed E-state index contributed by atoms with van der Waals surface area (Å²) in [5.74, 6) is -1.55. The molecule has 1 amide bonds. The molecular formula is C11H11NNaO3. The fourth-order valence-corrected chi connectivity index (χ4v) is 0.991. The second-order valence-corrected chi connectivity index (χ2v) is 2.87. The van der Waals surface area contributed by atoms with Gasteiger partial charge in [0.2, 0.25) is 5.91 Å². The van der Waals surface area contributed by atoms with E-state index in [-0.39, 0.29) is 29.6 Å². The second kappa shape index (κ2) is 8.10. The van der Waals surface area contributed by atoms with E-state index >= 15 is 0 Å². The third-order valence-corrected chi connectivity index (χ3v) is 1.69. The van der Waals surface area contributed by atoms with Gasteiger partial charge in [0.25, 0.3) is 0 Å². The van der Waals surface area contributed by atoms with Crippen LogP contribution in [0.3, 0.4) is 0 Å². The Kier molecular flexibility index (Phi) is 7.54. The Hall–Kier alpha value is -1.10. The molecule has 1 aromatic rings. The molecule has 0 aliphatic carbocycles. The van der Waals surface area contributed by atoms with Crippen LogP contribution in [0.5, 0.6) is 0 Å². The van der Waals surface area contributed by atoms with Crippen molar-refractivity contribution < 1.29 is 14.7 Å². The summed E-state index contributed by atoms with van der Waals surface area (Å²) < 4.78 is 0. The molecule has 0 fully saturated rings. The SMILES string of the molecule is O=C(O)/C=C\C(=O)NCc1ccccc1.[Na]. The number of hydrogen-bond acceptors (Lipinski definition) is 2. The molecule has 1 aromatic carbocycles. The van der Waals surface area contributed by atoms with Crippen molar-refractivity contribution in [3.05, 3.63) is 48.0 Å². The summed E-state index contributed by atoms with van der Waals surface area (Å²) in [5.41, 5.74) is 0.967. The molecule has 4 nitrogen and oxygen atoms in total. The van der Waals surface area contributed by atoms with Crippen LogP contribution in [0.25, 0.3) is 0 Å². The van der Waals surface area contributed by atoms with Crippen molar-refractivity contribution in [1.29, 1.82) is 0 Å². The fourth-order valence-electron chi connectivity index (χ4n) is 0.991. The van der Waals surface area contributed by atoms with Crippen LogP contribution in [0, 0.1) is 0 Å². The molecular weight excluding hydrogens is 217 g/mol. The summed E-state index contributed by atoms with van der Waals surface area (Å²) in [6, 6.07) is 9.38. The summed E-state index contributed by atoms with van der Waals surface area (Å²) >= 11 is 0. The smallest absolute Gasteiger partial charge is 0.328 e. The van der Waals surface area contributed by atoms with Crippen molar-refractivity contribution >= 4 is 41.4 Å². The van der Waals surface area contributed by atoms with Crippen molar-refractivity contribution in [2.75, 3.05) is 0 Å². The number of carbonyl (C=O) groups is 2. The second-order valence-electron chi connectivity index (χ2n) is 2.87. The number of amides is 1. The van der Waals surface area contributed by atoms with Crippen LogP contribution in [0.2, 0.25) is 0 Å². The predicted molar refractivity (Wildman–Crippen MR) is 60.8 cm³/mol. The monoisotopic (exact) mass is 228 g/mol. The standard InChI is InChI=1S/C11H11NO3.Na/c13-10(6-7-11(14)15)12-8-9-4-2-1-3-5-9;/h1-7H,8H2,(H,12,13)(H,14,15);/b7-6-;. The summed E-state index contributed by atoms with van der Waals surface area (Å²) in [7, 11) is 0. The van der Waals surface area contributed by atoms with Crippen molar-refractivity contribution in [2.24, 2.45) is 0 Å².